The summed E-state index contributed by atoms with van der Waals surface area (Å²) in [6, 6.07) is 10.4. The molecule has 1 N–H and O–H groups in total. The molecule has 2 rings (SSSR count). The number of ether oxygens (including phenoxy) is 1. The van der Waals surface area contributed by atoms with E-state index in [9.17, 15) is 5.11 Å². The van der Waals surface area contributed by atoms with Crippen LogP contribution in [0.15, 0.2) is 42.0 Å². The lowest BCUT2D eigenvalue weighted by atomic mass is 9.98. The standard InChI is InChI=1S/C16H23NO2/c1-13(2)8-9-17-10-11-19-15(12-18)16(17)14-6-4-3-5-7-14/h3-8,15-16,18H,9-12H2,1-2H3/t15-,16-/m0/s1. The fourth-order valence-electron chi connectivity index (χ4n) is 2.52. The Balaban J connectivity index is 2.22. The van der Waals surface area contributed by atoms with Gasteiger partial charge in [0.1, 0.15) is 6.10 Å². The number of aliphatic hydroxyl groups excluding tert-OH is 1. The lowest BCUT2D eigenvalue weighted by Crippen LogP contribution is -2.46. The maximum Gasteiger partial charge on any atom is 0.100 e. The number of benzene rings is 1. The van der Waals surface area contributed by atoms with Gasteiger partial charge in [0.15, 0.2) is 0 Å². The Morgan fingerprint density at radius 2 is 2.11 bits per heavy atom. The van der Waals surface area contributed by atoms with Gasteiger partial charge in [-0.2, -0.15) is 0 Å². The van der Waals surface area contributed by atoms with E-state index in [1.54, 1.807) is 0 Å². The number of hydrogen-bond donors (Lipinski definition) is 1. The first kappa shape index (κ1) is 14.3. The fourth-order valence-corrected chi connectivity index (χ4v) is 2.52. The molecule has 0 radical (unpaired) electrons. The first-order chi connectivity index (χ1) is 9.22. The molecule has 0 spiro atoms. The largest absolute Gasteiger partial charge is 0.394 e. The summed E-state index contributed by atoms with van der Waals surface area (Å²) in [5.41, 5.74) is 2.53. The minimum atomic E-state index is -0.137. The predicted molar refractivity (Wildman–Crippen MR) is 77.0 cm³/mol. The van der Waals surface area contributed by atoms with Crippen molar-refractivity contribution in [2.24, 2.45) is 0 Å². The summed E-state index contributed by atoms with van der Waals surface area (Å²) in [5, 5.41) is 9.55. The van der Waals surface area contributed by atoms with Crippen LogP contribution in [0.1, 0.15) is 25.5 Å². The van der Waals surface area contributed by atoms with Gasteiger partial charge in [0, 0.05) is 13.1 Å². The summed E-state index contributed by atoms with van der Waals surface area (Å²) in [6.07, 6.45) is 2.09. The van der Waals surface area contributed by atoms with Crippen LogP contribution in [0, 0.1) is 0 Å². The number of allylic oxidation sites excluding steroid dienone is 1. The van der Waals surface area contributed by atoms with E-state index in [0.29, 0.717) is 6.61 Å². The molecule has 3 heteroatoms. The van der Waals surface area contributed by atoms with Gasteiger partial charge >= 0.3 is 0 Å². The molecule has 1 saturated heterocycles. The quantitative estimate of drug-likeness (QED) is 0.845. The average Bonchev–Trinajstić information content (AvgIpc) is 2.45. The van der Waals surface area contributed by atoms with Crippen LogP contribution in [0.4, 0.5) is 0 Å². The third-order valence-electron chi connectivity index (χ3n) is 3.51. The van der Waals surface area contributed by atoms with Gasteiger partial charge in [0.2, 0.25) is 0 Å². The van der Waals surface area contributed by atoms with E-state index in [2.05, 4.69) is 37.0 Å². The van der Waals surface area contributed by atoms with Crippen molar-refractivity contribution in [1.82, 2.24) is 4.90 Å². The number of morpholine rings is 1. The molecule has 1 aliphatic heterocycles. The molecule has 0 saturated carbocycles. The second-order valence-electron chi connectivity index (χ2n) is 5.22. The number of nitrogens with zero attached hydrogens (tertiary/aromatic N) is 1. The average molecular weight is 261 g/mol. The van der Waals surface area contributed by atoms with Gasteiger partial charge in [-0.3, -0.25) is 4.90 Å². The van der Waals surface area contributed by atoms with E-state index >= 15 is 0 Å². The fraction of sp³-hybridized carbons (Fsp3) is 0.500. The smallest absolute Gasteiger partial charge is 0.100 e. The Morgan fingerprint density at radius 3 is 2.74 bits per heavy atom. The van der Waals surface area contributed by atoms with E-state index < -0.39 is 0 Å². The van der Waals surface area contributed by atoms with Crippen molar-refractivity contribution in [2.75, 3.05) is 26.3 Å². The van der Waals surface area contributed by atoms with Gasteiger partial charge in [-0.25, -0.2) is 0 Å². The molecule has 0 aromatic heterocycles. The van der Waals surface area contributed by atoms with Gasteiger partial charge in [0.05, 0.1) is 19.3 Å². The third-order valence-corrected chi connectivity index (χ3v) is 3.51. The summed E-state index contributed by atoms with van der Waals surface area (Å²) in [4.78, 5) is 2.38. The second-order valence-corrected chi connectivity index (χ2v) is 5.22. The van der Waals surface area contributed by atoms with E-state index in [1.165, 1.54) is 11.1 Å². The zero-order valence-corrected chi connectivity index (χ0v) is 11.7. The topological polar surface area (TPSA) is 32.7 Å². The Labute approximate surface area is 115 Å². The van der Waals surface area contributed by atoms with Gasteiger partial charge in [-0.05, 0) is 19.4 Å². The first-order valence-corrected chi connectivity index (χ1v) is 6.87. The highest BCUT2D eigenvalue weighted by Crippen LogP contribution is 2.29. The maximum absolute atomic E-state index is 9.55. The molecule has 0 aliphatic carbocycles. The van der Waals surface area contributed by atoms with E-state index in [4.69, 9.17) is 4.74 Å². The van der Waals surface area contributed by atoms with Crippen molar-refractivity contribution in [1.29, 1.82) is 0 Å². The molecule has 0 bridgehead atoms. The van der Waals surface area contributed by atoms with Crippen molar-refractivity contribution in [2.45, 2.75) is 26.0 Å². The van der Waals surface area contributed by atoms with Crippen LogP contribution in [0.5, 0.6) is 0 Å². The van der Waals surface area contributed by atoms with Crippen molar-refractivity contribution in [3.8, 4) is 0 Å². The third kappa shape index (κ3) is 3.66. The van der Waals surface area contributed by atoms with Gasteiger partial charge in [-0.1, -0.05) is 42.0 Å². The van der Waals surface area contributed by atoms with Crippen molar-refractivity contribution < 1.29 is 9.84 Å². The van der Waals surface area contributed by atoms with Gasteiger partial charge < -0.3 is 9.84 Å². The van der Waals surface area contributed by atoms with Gasteiger partial charge in [-0.15, -0.1) is 0 Å². The zero-order chi connectivity index (χ0) is 13.7. The predicted octanol–water partition coefficient (Wildman–Crippen LogP) is 2.39. The van der Waals surface area contributed by atoms with E-state index in [0.717, 1.165) is 13.1 Å². The molecular weight excluding hydrogens is 238 g/mol. The van der Waals surface area contributed by atoms with Crippen LogP contribution in [0.25, 0.3) is 0 Å². The number of aliphatic hydroxyl groups is 1. The molecule has 2 atom stereocenters. The first-order valence-electron chi connectivity index (χ1n) is 6.87. The highest BCUT2D eigenvalue weighted by atomic mass is 16.5. The summed E-state index contributed by atoms with van der Waals surface area (Å²) in [7, 11) is 0. The van der Waals surface area contributed by atoms with Crippen molar-refractivity contribution in [3.63, 3.8) is 0 Å². The zero-order valence-electron chi connectivity index (χ0n) is 11.7. The van der Waals surface area contributed by atoms with Crippen LogP contribution in [0.3, 0.4) is 0 Å². The lowest BCUT2D eigenvalue weighted by molar-refractivity contribution is -0.0896. The van der Waals surface area contributed by atoms with Crippen LogP contribution in [-0.4, -0.2) is 42.4 Å². The highest BCUT2D eigenvalue weighted by Gasteiger charge is 2.32. The van der Waals surface area contributed by atoms with Crippen LogP contribution in [0.2, 0.25) is 0 Å². The van der Waals surface area contributed by atoms with Crippen LogP contribution >= 0.6 is 0 Å². The van der Waals surface area contributed by atoms with E-state index in [1.807, 2.05) is 18.2 Å². The second kappa shape index (κ2) is 6.85. The molecule has 1 aliphatic rings. The Bertz CT molecular complexity index is 412. The molecule has 1 aromatic carbocycles. The molecule has 1 fully saturated rings. The van der Waals surface area contributed by atoms with Crippen LogP contribution in [-0.2, 0) is 4.74 Å². The monoisotopic (exact) mass is 261 g/mol. The van der Waals surface area contributed by atoms with Crippen LogP contribution < -0.4 is 0 Å². The lowest BCUT2D eigenvalue weighted by Gasteiger charge is -2.40. The van der Waals surface area contributed by atoms with Crippen molar-refractivity contribution >= 4 is 0 Å². The molecule has 1 aromatic rings. The maximum atomic E-state index is 9.55. The number of hydrogen-bond acceptors (Lipinski definition) is 3. The molecule has 1 heterocycles. The SMILES string of the molecule is CC(C)=CCN1CCO[C@@H](CO)[C@@H]1c1ccccc1. The summed E-state index contributed by atoms with van der Waals surface area (Å²) >= 11 is 0. The molecule has 104 valence electrons. The Morgan fingerprint density at radius 1 is 1.37 bits per heavy atom. The molecule has 0 amide bonds. The summed E-state index contributed by atoms with van der Waals surface area (Å²) < 4.78 is 5.72. The summed E-state index contributed by atoms with van der Waals surface area (Å²) in [6.45, 7) is 6.78. The molecule has 19 heavy (non-hydrogen) atoms. The van der Waals surface area contributed by atoms with E-state index in [-0.39, 0.29) is 18.8 Å². The number of rotatable bonds is 4. The molecule has 3 nitrogen and oxygen atoms in total. The Hall–Kier alpha value is -1.16. The van der Waals surface area contributed by atoms with Crippen molar-refractivity contribution in [3.05, 3.63) is 47.5 Å². The summed E-state index contributed by atoms with van der Waals surface area (Å²) in [5.74, 6) is 0. The molecular formula is C16H23NO2. The van der Waals surface area contributed by atoms with Gasteiger partial charge in [0.25, 0.3) is 0 Å². The normalized spacial score (nSPS) is 24.2. The Kier molecular flexibility index (Phi) is 5.14. The molecule has 0 unspecified atom stereocenters. The minimum absolute atomic E-state index is 0.0604. The minimum Gasteiger partial charge on any atom is -0.394 e. The highest BCUT2D eigenvalue weighted by molar-refractivity contribution is 5.21.